The Labute approximate surface area is 189 Å². The maximum atomic E-state index is 14.8. The number of nitrogens with one attached hydrogen (secondary N) is 2. The number of sulfonamides is 1. The molecule has 1 amide bonds. The highest BCUT2D eigenvalue weighted by Crippen LogP contribution is 2.48. The Morgan fingerprint density at radius 2 is 1.90 bits per heavy atom. The summed E-state index contributed by atoms with van der Waals surface area (Å²) in [6.45, 7) is 4.52. The third-order valence-corrected chi connectivity index (χ3v) is 8.52. The first-order valence-electron chi connectivity index (χ1n) is 9.73. The van der Waals surface area contributed by atoms with Crippen LogP contribution < -0.4 is 9.62 Å². The van der Waals surface area contributed by atoms with Gasteiger partial charge < -0.3 is 9.88 Å². The van der Waals surface area contributed by atoms with Crippen molar-refractivity contribution in [1.82, 2.24) is 9.71 Å². The van der Waals surface area contributed by atoms with Gasteiger partial charge in [-0.25, -0.2) is 17.5 Å². The first kappa shape index (κ1) is 22.0. The molecule has 6 nitrogen and oxygen atoms in total. The zero-order valence-electron chi connectivity index (χ0n) is 17.6. The second-order valence-corrected chi connectivity index (χ2v) is 12.2. The van der Waals surface area contributed by atoms with E-state index in [1.54, 1.807) is 39.1 Å². The molecule has 1 aliphatic rings. The molecule has 4 rings (SSSR count). The van der Waals surface area contributed by atoms with Crippen LogP contribution in [0.4, 0.5) is 10.1 Å². The number of carbonyl (C=O) groups excluding carboxylic acids is 1. The number of hydrogen-bond donors (Lipinski definition) is 2. The molecule has 0 saturated heterocycles. The number of likely N-dealkylation sites (N-methyl/N-ethyl adjacent to an activating group) is 1. The third kappa shape index (κ3) is 3.21. The number of rotatable bonds is 4. The summed E-state index contributed by atoms with van der Waals surface area (Å²) in [7, 11) is -2.25. The molecule has 0 fully saturated rings. The number of aromatic amines is 1. The molecule has 2 aromatic carbocycles. The molecule has 3 aromatic rings. The Kier molecular flexibility index (Phi) is 5.07. The van der Waals surface area contributed by atoms with Crippen LogP contribution in [-0.2, 0) is 20.2 Å². The lowest BCUT2D eigenvalue weighted by Crippen LogP contribution is -2.51. The molecule has 2 N–H and O–H groups in total. The van der Waals surface area contributed by atoms with Gasteiger partial charge in [0.2, 0.25) is 15.9 Å². The summed E-state index contributed by atoms with van der Waals surface area (Å²) in [5, 5.41) is 0.753. The lowest BCUT2D eigenvalue weighted by molar-refractivity contribution is -0.121. The lowest BCUT2D eigenvalue weighted by atomic mass is 9.75. The normalized spacial score (nSPS) is 19.3. The quantitative estimate of drug-likeness (QED) is 0.558. The fraction of sp³-hybridized carbons (Fsp3) is 0.318. The van der Waals surface area contributed by atoms with Crippen LogP contribution in [0.25, 0.3) is 10.9 Å². The molecule has 0 unspecified atom stereocenters. The topological polar surface area (TPSA) is 82.3 Å². The van der Waals surface area contributed by atoms with Crippen molar-refractivity contribution in [2.24, 2.45) is 0 Å². The number of benzene rings is 2. The number of anilines is 1. The molecule has 164 valence electrons. The van der Waals surface area contributed by atoms with E-state index < -0.39 is 31.9 Å². The number of nitrogens with zero attached hydrogens (tertiary/aromatic N) is 1. The van der Waals surface area contributed by atoms with Crippen LogP contribution in [-0.4, -0.2) is 37.6 Å². The van der Waals surface area contributed by atoms with Crippen LogP contribution >= 0.6 is 15.9 Å². The van der Waals surface area contributed by atoms with Gasteiger partial charge in [-0.05, 0) is 50.6 Å². The predicted molar refractivity (Wildman–Crippen MR) is 123 cm³/mol. The molecule has 1 aromatic heterocycles. The van der Waals surface area contributed by atoms with Gasteiger partial charge in [-0.2, -0.15) is 0 Å². The zero-order chi connectivity index (χ0) is 22.8. The second-order valence-electron chi connectivity index (χ2n) is 8.73. The largest absolute Gasteiger partial charge is 0.361 e. The Balaban J connectivity index is 2.00. The maximum Gasteiger partial charge on any atom is 0.243 e. The molecule has 0 bridgehead atoms. The van der Waals surface area contributed by atoms with Gasteiger partial charge in [-0.1, -0.05) is 28.1 Å². The van der Waals surface area contributed by atoms with E-state index in [4.69, 9.17) is 0 Å². The van der Waals surface area contributed by atoms with Crippen LogP contribution in [0, 0.1) is 5.82 Å². The third-order valence-electron chi connectivity index (χ3n) is 5.89. The van der Waals surface area contributed by atoms with Gasteiger partial charge in [0.15, 0.2) is 0 Å². The van der Waals surface area contributed by atoms with E-state index in [1.807, 2.05) is 18.2 Å². The highest BCUT2D eigenvalue weighted by atomic mass is 79.9. The van der Waals surface area contributed by atoms with Crippen molar-refractivity contribution >= 4 is 48.5 Å². The number of halogens is 2. The van der Waals surface area contributed by atoms with Crippen molar-refractivity contribution in [2.75, 3.05) is 18.5 Å². The van der Waals surface area contributed by atoms with Crippen molar-refractivity contribution in [3.63, 3.8) is 0 Å². The average Bonchev–Trinajstić information content (AvgIpc) is 3.19. The summed E-state index contributed by atoms with van der Waals surface area (Å²) < 4.78 is 42.9. The van der Waals surface area contributed by atoms with Crippen LogP contribution in [0.5, 0.6) is 0 Å². The van der Waals surface area contributed by atoms with E-state index in [1.165, 1.54) is 18.0 Å². The number of amides is 1. The number of hydrogen-bond acceptors (Lipinski definition) is 3. The van der Waals surface area contributed by atoms with Crippen LogP contribution in [0.2, 0.25) is 0 Å². The fourth-order valence-electron chi connectivity index (χ4n) is 4.10. The molecule has 31 heavy (non-hydrogen) atoms. The molecule has 0 saturated carbocycles. The summed E-state index contributed by atoms with van der Waals surface area (Å²) in [6, 6.07) is 10.1. The van der Waals surface area contributed by atoms with E-state index in [0.29, 0.717) is 11.1 Å². The minimum Gasteiger partial charge on any atom is -0.361 e. The lowest BCUT2D eigenvalue weighted by Gasteiger charge is -2.30. The summed E-state index contributed by atoms with van der Waals surface area (Å²) in [6.07, 6.45) is 1.70. The summed E-state index contributed by atoms with van der Waals surface area (Å²) in [5.41, 5.74) is 0.534. The SMILES string of the molecule is CN1C(=O)[C@@](CNS(=O)(=O)C(C)(C)C)(c2c[nH]c3ccc(Br)cc23)c2cccc(F)c21. The highest BCUT2D eigenvalue weighted by Gasteiger charge is 2.54. The van der Waals surface area contributed by atoms with E-state index in [2.05, 4.69) is 25.6 Å². The standard InChI is InChI=1S/C22H23BrFN3O3S/c1-21(2,3)31(29,30)26-12-22(16-11-25-18-9-8-13(23)10-14(16)18)15-6-5-7-17(24)19(15)27(4)20(22)28/h5-11,25-26H,12H2,1-4H3/t22-/m1/s1. The average molecular weight is 508 g/mol. The van der Waals surface area contributed by atoms with Crippen molar-refractivity contribution in [3.8, 4) is 0 Å². The minimum absolute atomic E-state index is 0.159. The summed E-state index contributed by atoms with van der Waals surface area (Å²) in [4.78, 5) is 18.2. The summed E-state index contributed by atoms with van der Waals surface area (Å²) >= 11 is 3.46. The fourth-order valence-corrected chi connectivity index (χ4v) is 5.30. The highest BCUT2D eigenvalue weighted by molar-refractivity contribution is 9.10. The molecule has 0 aliphatic carbocycles. The number of para-hydroxylation sites is 1. The second kappa shape index (κ2) is 7.15. The van der Waals surface area contributed by atoms with Gasteiger partial charge >= 0.3 is 0 Å². The minimum atomic E-state index is -3.76. The summed E-state index contributed by atoms with van der Waals surface area (Å²) in [5.74, 6) is -0.931. The molecular weight excluding hydrogens is 485 g/mol. The van der Waals surface area contributed by atoms with Crippen molar-refractivity contribution < 1.29 is 17.6 Å². The van der Waals surface area contributed by atoms with Crippen molar-refractivity contribution in [3.05, 3.63) is 64.0 Å². The predicted octanol–water partition coefficient (Wildman–Crippen LogP) is 4.05. The van der Waals surface area contributed by atoms with Gasteiger partial charge in [0.05, 0.1) is 10.4 Å². The van der Waals surface area contributed by atoms with Gasteiger partial charge in [-0.15, -0.1) is 0 Å². The maximum absolute atomic E-state index is 14.8. The van der Waals surface area contributed by atoms with Gasteiger partial charge in [-0.3, -0.25) is 4.79 Å². The number of carbonyl (C=O) groups is 1. The van der Waals surface area contributed by atoms with E-state index in [9.17, 15) is 17.6 Å². The van der Waals surface area contributed by atoms with Crippen LogP contribution in [0.3, 0.4) is 0 Å². The first-order valence-corrected chi connectivity index (χ1v) is 12.0. The van der Waals surface area contributed by atoms with E-state index >= 15 is 0 Å². The molecule has 1 aliphatic heterocycles. The first-order chi connectivity index (χ1) is 14.4. The van der Waals surface area contributed by atoms with E-state index in [0.717, 1.165) is 15.4 Å². The molecule has 0 radical (unpaired) electrons. The molecule has 2 heterocycles. The Morgan fingerprint density at radius 1 is 1.19 bits per heavy atom. The number of aromatic nitrogens is 1. The van der Waals surface area contributed by atoms with E-state index in [-0.39, 0.29) is 12.2 Å². The van der Waals surface area contributed by atoms with Gasteiger partial charge in [0.25, 0.3) is 0 Å². The Morgan fingerprint density at radius 3 is 2.58 bits per heavy atom. The number of fused-ring (bicyclic) bond motifs is 2. The van der Waals surface area contributed by atoms with Crippen molar-refractivity contribution in [2.45, 2.75) is 30.9 Å². The zero-order valence-corrected chi connectivity index (χ0v) is 20.0. The van der Waals surface area contributed by atoms with Crippen LogP contribution in [0.15, 0.2) is 47.1 Å². The monoisotopic (exact) mass is 507 g/mol. The van der Waals surface area contributed by atoms with Crippen molar-refractivity contribution in [1.29, 1.82) is 0 Å². The van der Waals surface area contributed by atoms with Crippen LogP contribution in [0.1, 0.15) is 31.9 Å². The molecule has 1 atom stereocenters. The Hall–Kier alpha value is -2.23. The Bertz CT molecular complexity index is 1310. The smallest absolute Gasteiger partial charge is 0.243 e. The molecular formula is C22H23BrFN3O3S. The van der Waals surface area contributed by atoms with Gasteiger partial charge in [0, 0.05) is 40.7 Å². The van der Waals surface area contributed by atoms with Gasteiger partial charge in [0.1, 0.15) is 11.2 Å². The molecule has 0 spiro atoms. The number of H-pyrrole nitrogens is 1. The molecule has 9 heteroatoms.